The van der Waals surface area contributed by atoms with Crippen molar-refractivity contribution in [2.24, 2.45) is 0 Å². The Hall–Kier alpha value is -1.84. The molecule has 0 unspecified atom stereocenters. The van der Waals surface area contributed by atoms with E-state index in [0.717, 1.165) is 5.56 Å². The van der Waals surface area contributed by atoms with Gasteiger partial charge in [0.1, 0.15) is 0 Å². The van der Waals surface area contributed by atoms with E-state index in [9.17, 15) is 9.59 Å². The van der Waals surface area contributed by atoms with Crippen LogP contribution in [-0.2, 0) is 6.54 Å². The largest absolute Gasteiger partial charge is 0.478 e. The summed E-state index contributed by atoms with van der Waals surface area (Å²) in [5.74, 6) is -1.21. The molecule has 0 radical (unpaired) electrons. The van der Waals surface area contributed by atoms with Crippen molar-refractivity contribution >= 4 is 11.9 Å². The predicted octanol–water partition coefficient (Wildman–Crippen LogP) is 0.628. The zero-order valence-corrected chi connectivity index (χ0v) is 6.70. The van der Waals surface area contributed by atoms with Gasteiger partial charge in [0.05, 0.1) is 5.56 Å². The van der Waals surface area contributed by atoms with E-state index in [4.69, 9.17) is 5.11 Å². The Labute approximate surface area is 74.2 Å². The van der Waals surface area contributed by atoms with Gasteiger partial charge in [-0.25, -0.2) is 4.79 Å². The highest BCUT2D eigenvalue weighted by Crippen LogP contribution is 2.16. The molecule has 2 N–H and O–H groups in total. The molecule has 0 atom stereocenters. The number of carboxylic acid groups (broad SMARTS) is 1. The first-order valence-electron chi connectivity index (χ1n) is 3.83. The lowest BCUT2D eigenvalue weighted by atomic mass is 10.1. The minimum Gasteiger partial charge on any atom is -0.478 e. The molecule has 1 aromatic carbocycles. The number of benzene rings is 1. The summed E-state index contributed by atoms with van der Waals surface area (Å²) in [7, 11) is 0. The van der Waals surface area contributed by atoms with Crippen LogP contribution in [0.2, 0.25) is 0 Å². The number of carbonyl (C=O) groups is 2. The molecule has 2 rings (SSSR count). The molecule has 4 heteroatoms. The Morgan fingerprint density at radius 3 is 2.92 bits per heavy atom. The highest BCUT2D eigenvalue weighted by molar-refractivity contribution is 6.00. The van der Waals surface area contributed by atoms with Crippen molar-refractivity contribution in [2.45, 2.75) is 6.54 Å². The van der Waals surface area contributed by atoms with Crippen molar-refractivity contribution < 1.29 is 14.7 Å². The van der Waals surface area contributed by atoms with Crippen LogP contribution in [-0.4, -0.2) is 17.0 Å². The molecule has 0 aliphatic carbocycles. The van der Waals surface area contributed by atoms with E-state index < -0.39 is 5.97 Å². The molecule has 1 amide bonds. The van der Waals surface area contributed by atoms with Crippen molar-refractivity contribution in [1.82, 2.24) is 5.32 Å². The minimum atomic E-state index is -1.01. The van der Waals surface area contributed by atoms with Crippen LogP contribution in [0.4, 0.5) is 0 Å². The van der Waals surface area contributed by atoms with E-state index in [1.807, 2.05) is 0 Å². The van der Waals surface area contributed by atoms with Gasteiger partial charge in [-0.3, -0.25) is 4.79 Å². The van der Waals surface area contributed by atoms with Gasteiger partial charge in [-0.05, 0) is 17.7 Å². The molecule has 4 nitrogen and oxygen atoms in total. The molecule has 1 aliphatic rings. The second-order valence-electron chi connectivity index (χ2n) is 2.86. The summed E-state index contributed by atoms with van der Waals surface area (Å²) in [5, 5.41) is 11.3. The third-order valence-electron chi connectivity index (χ3n) is 2.04. The second kappa shape index (κ2) is 2.58. The summed E-state index contributed by atoms with van der Waals surface area (Å²) in [5.41, 5.74) is 1.48. The molecule has 1 aliphatic heterocycles. The van der Waals surface area contributed by atoms with Crippen LogP contribution in [0.5, 0.6) is 0 Å². The fraction of sp³-hybridized carbons (Fsp3) is 0.111. The predicted molar refractivity (Wildman–Crippen MR) is 44.6 cm³/mol. The third-order valence-corrected chi connectivity index (χ3v) is 2.04. The Morgan fingerprint density at radius 1 is 1.46 bits per heavy atom. The van der Waals surface area contributed by atoms with Gasteiger partial charge < -0.3 is 10.4 Å². The Kier molecular flexibility index (Phi) is 1.55. The number of amides is 1. The summed E-state index contributed by atoms with van der Waals surface area (Å²) < 4.78 is 0. The van der Waals surface area contributed by atoms with Crippen LogP contribution in [0.3, 0.4) is 0 Å². The molecule has 0 fully saturated rings. The van der Waals surface area contributed by atoms with Crippen molar-refractivity contribution in [1.29, 1.82) is 0 Å². The van der Waals surface area contributed by atoms with Gasteiger partial charge in [-0.2, -0.15) is 0 Å². The van der Waals surface area contributed by atoms with Crippen molar-refractivity contribution in [3.05, 3.63) is 34.9 Å². The SMILES string of the molecule is O=C(O)c1ccc2c(c1)C(=O)NC2. The molecule has 1 aromatic rings. The number of rotatable bonds is 1. The summed E-state index contributed by atoms with van der Waals surface area (Å²) in [6.07, 6.45) is 0. The van der Waals surface area contributed by atoms with Gasteiger partial charge in [0.15, 0.2) is 0 Å². The van der Waals surface area contributed by atoms with E-state index in [1.165, 1.54) is 12.1 Å². The van der Waals surface area contributed by atoms with Crippen molar-refractivity contribution in [3.8, 4) is 0 Å². The lowest BCUT2D eigenvalue weighted by molar-refractivity contribution is 0.0697. The van der Waals surface area contributed by atoms with Gasteiger partial charge in [-0.1, -0.05) is 6.07 Å². The summed E-state index contributed by atoms with van der Waals surface area (Å²) in [6, 6.07) is 4.57. The fourth-order valence-corrected chi connectivity index (χ4v) is 1.35. The molecule has 0 bridgehead atoms. The maximum absolute atomic E-state index is 11.1. The lowest BCUT2D eigenvalue weighted by Crippen LogP contribution is -2.12. The molecule has 13 heavy (non-hydrogen) atoms. The van der Waals surface area contributed by atoms with E-state index in [-0.39, 0.29) is 11.5 Å². The van der Waals surface area contributed by atoms with Crippen LogP contribution in [0.25, 0.3) is 0 Å². The van der Waals surface area contributed by atoms with Crippen LogP contribution in [0, 0.1) is 0 Å². The molecule has 0 saturated carbocycles. The number of fused-ring (bicyclic) bond motifs is 1. The smallest absolute Gasteiger partial charge is 0.335 e. The number of nitrogens with one attached hydrogen (secondary N) is 1. The monoisotopic (exact) mass is 177 g/mol. The molecule has 0 spiro atoms. The van der Waals surface area contributed by atoms with Crippen LogP contribution >= 0.6 is 0 Å². The van der Waals surface area contributed by atoms with Crippen LogP contribution in [0.1, 0.15) is 26.3 Å². The first-order valence-corrected chi connectivity index (χ1v) is 3.83. The molecular formula is C9H7NO3. The van der Waals surface area contributed by atoms with E-state index in [2.05, 4.69) is 5.32 Å². The van der Waals surface area contributed by atoms with Crippen molar-refractivity contribution in [3.63, 3.8) is 0 Å². The standard InChI is InChI=1S/C9H7NO3/c11-8-7-3-5(9(12)13)1-2-6(7)4-10-8/h1-3H,4H2,(H,10,11)(H,12,13). The Bertz CT molecular complexity index is 398. The average Bonchev–Trinajstić information content (AvgIpc) is 2.47. The summed E-state index contributed by atoms with van der Waals surface area (Å²) in [6.45, 7) is 0.494. The molecule has 66 valence electrons. The first-order chi connectivity index (χ1) is 6.18. The maximum Gasteiger partial charge on any atom is 0.335 e. The second-order valence-corrected chi connectivity index (χ2v) is 2.86. The number of carboxylic acids is 1. The van der Waals surface area contributed by atoms with Gasteiger partial charge in [0.2, 0.25) is 0 Å². The molecule has 0 saturated heterocycles. The maximum atomic E-state index is 11.1. The first kappa shape index (κ1) is 7.79. The number of carbonyl (C=O) groups excluding carboxylic acids is 1. The normalized spacial score (nSPS) is 13.7. The summed E-state index contributed by atoms with van der Waals surface area (Å²) in [4.78, 5) is 21.7. The van der Waals surface area contributed by atoms with Gasteiger partial charge in [0.25, 0.3) is 5.91 Å². The number of aromatic carboxylic acids is 1. The minimum absolute atomic E-state index is 0.149. The van der Waals surface area contributed by atoms with E-state index in [0.29, 0.717) is 12.1 Å². The highest BCUT2D eigenvalue weighted by Gasteiger charge is 2.19. The zero-order chi connectivity index (χ0) is 9.42. The van der Waals surface area contributed by atoms with E-state index >= 15 is 0 Å². The Morgan fingerprint density at radius 2 is 2.23 bits per heavy atom. The molecule has 1 heterocycles. The quantitative estimate of drug-likeness (QED) is 0.661. The average molecular weight is 177 g/mol. The van der Waals surface area contributed by atoms with Crippen LogP contribution in [0.15, 0.2) is 18.2 Å². The van der Waals surface area contributed by atoms with Gasteiger partial charge >= 0.3 is 5.97 Å². The van der Waals surface area contributed by atoms with E-state index in [1.54, 1.807) is 6.07 Å². The summed E-state index contributed by atoms with van der Waals surface area (Å²) >= 11 is 0. The number of hydrogen-bond acceptors (Lipinski definition) is 2. The van der Waals surface area contributed by atoms with Crippen LogP contribution < -0.4 is 5.32 Å². The topological polar surface area (TPSA) is 66.4 Å². The van der Waals surface area contributed by atoms with Gasteiger partial charge in [-0.15, -0.1) is 0 Å². The third kappa shape index (κ3) is 1.16. The lowest BCUT2D eigenvalue weighted by Gasteiger charge is -1.97. The van der Waals surface area contributed by atoms with Crippen molar-refractivity contribution in [2.75, 3.05) is 0 Å². The van der Waals surface area contributed by atoms with Gasteiger partial charge in [0, 0.05) is 12.1 Å². The highest BCUT2D eigenvalue weighted by atomic mass is 16.4. The molecule has 0 aromatic heterocycles. The molecular weight excluding hydrogens is 170 g/mol. The fourth-order valence-electron chi connectivity index (χ4n) is 1.35. The zero-order valence-electron chi connectivity index (χ0n) is 6.70. The number of hydrogen-bond donors (Lipinski definition) is 2. The Balaban J connectivity index is 2.54.